The van der Waals surface area contributed by atoms with Crippen LogP contribution in [-0.4, -0.2) is 20.6 Å². The Morgan fingerprint density at radius 2 is 1.73 bits per heavy atom. The number of nitrogens with zero attached hydrogens (tertiary/aromatic N) is 2. The summed E-state index contributed by atoms with van der Waals surface area (Å²) in [6.45, 7) is 3.57. The van der Waals surface area contributed by atoms with E-state index in [0.717, 1.165) is 36.0 Å². The number of aromatic carboxylic acids is 1. The predicted octanol–water partition coefficient (Wildman–Crippen LogP) is 7.28. The van der Waals surface area contributed by atoms with Crippen LogP contribution in [0.3, 0.4) is 0 Å². The lowest BCUT2D eigenvalue weighted by Crippen LogP contribution is -2.25. The number of carboxylic acids is 1. The average molecular weight is 533 g/mol. The average Bonchev–Trinajstić information content (AvgIpc) is 3.15. The fourth-order valence-corrected chi connectivity index (χ4v) is 5.01. The number of thioether (sulfide) groups is 1. The second kappa shape index (κ2) is 10.4. The van der Waals surface area contributed by atoms with Gasteiger partial charge < -0.3 is 9.67 Å². The molecule has 4 rings (SSSR count). The molecule has 0 saturated heterocycles. The Morgan fingerprint density at radius 3 is 2.38 bits per heavy atom. The van der Waals surface area contributed by atoms with Crippen LogP contribution in [0.5, 0.6) is 0 Å². The number of hydrogen-bond donors (Lipinski definition) is 1. The van der Waals surface area contributed by atoms with E-state index in [1.165, 1.54) is 30.5 Å². The molecule has 0 aliphatic heterocycles. The molecule has 0 fully saturated rings. The van der Waals surface area contributed by atoms with Crippen molar-refractivity contribution in [3.63, 3.8) is 0 Å². The Morgan fingerprint density at radius 1 is 1.03 bits per heavy atom. The molecular weight excluding hydrogens is 511 g/mol. The van der Waals surface area contributed by atoms with Gasteiger partial charge in [0.25, 0.3) is 0 Å². The third-order valence-corrected chi connectivity index (χ3v) is 7.09. The highest BCUT2D eigenvalue weighted by Crippen LogP contribution is 2.38. The quantitative estimate of drug-likeness (QED) is 0.257. The lowest BCUT2D eigenvalue weighted by atomic mass is 9.81. The van der Waals surface area contributed by atoms with Gasteiger partial charge in [-0.3, -0.25) is 0 Å². The molecule has 0 spiro atoms. The maximum atomic E-state index is 14.5. The number of rotatable bonds is 7. The van der Waals surface area contributed by atoms with E-state index in [4.69, 9.17) is 5.11 Å². The van der Waals surface area contributed by atoms with Gasteiger partial charge in [-0.05, 0) is 42.0 Å². The highest BCUT2D eigenvalue weighted by Gasteiger charge is 2.31. The maximum Gasteiger partial charge on any atom is 0.335 e. The van der Waals surface area contributed by atoms with Gasteiger partial charge in [0, 0.05) is 22.4 Å². The molecule has 1 heterocycles. The second-order valence-electron chi connectivity index (χ2n) is 8.85. The SMILES string of the molecule is CC(C)(c1ccc(F)c(F)c1)c1cnc(SCc2c(F)cc(C(=O)O)cc2F)n1C1C=CC=C(F)C=C1. The molecule has 0 bridgehead atoms. The van der Waals surface area contributed by atoms with E-state index in [0.29, 0.717) is 16.4 Å². The molecule has 1 aliphatic rings. The highest BCUT2D eigenvalue weighted by molar-refractivity contribution is 7.98. The van der Waals surface area contributed by atoms with Gasteiger partial charge in [0.2, 0.25) is 0 Å². The van der Waals surface area contributed by atoms with Crippen molar-refractivity contribution in [2.45, 2.75) is 36.2 Å². The molecule has 10 heteroatoms. The molecule has 1 N–H and O–H groups in total. The summed E-state index contributed by atoms with van der Waals surface area (Å²) in [6.07, 6.45) is 8.87. The van der Waals surface area contributed by atoms with Gasteiger partial charge in [-0.1, -0.05) is 49.9 Å². The van der Waals surface area contributed by atoms with Crippen LogP contribution in [0.1, 0.15) is 47.1 Å². The van der Waals surface area contributed by atoms with Gasteiger partial charge >= 0.3 is 5.97 Å². The molecule has 1 aromatic heterocycles. The number of imidazole rings is 1. The van der Waals surface area contributed by atoms with Gasteiger partial charge in [0.1, 0.15) is 17.5 Å². The molecule has 0 amide bonds. The molecule has 37 heavy (non-hydrogen) atoms. The van der Waals surface area contributed by atoms with Crippen molar-refractivity contribution in [3.05, 3.63) is 118 Å². The summed E-state index contributed by atoms with van der Waals surface area (Å²) in [5.41, 5.74) is -0.726. The van der Waals surface area contributed by atoms with E-state index in [9.17, 15) is 26.7 Å². The van der Waals surface area contributed by atoms with Gasteiger partial charge in [0.05, 0.1) is 17.8 Å². The third kappa shape index (κ3) is 5.39. The first-order chi connectivity index (χ1) is 17.5. The monoisotopic (exact) mass is 532 g/mol. The van der Waals surface area contributed by atoms with Crippen molar-refractivity contribution < 1.29 is 31.9 Å². The fraction of sp³-hybridized carbons (Fsp3) is 0.185. The predicted molar refractivity (Wildman–Crippen MR) is 130 cm³/mol. The van der Waals surface area contributed by atoms with Crippen LogP contribution in [0.2, 0.25) is 0 Å². The molecular formula is C27H21F5N2O2S. The van der Waals surface area contributed by atoms with Crippen molar-refractivity contribution in [1.29, 1.82) is 0 Å². The highest BCUT2D eigenvalue weighted by atomic mass is 32.2. The van der Waals surface area contributed by atoms with E-state index < -0.39 is 52.1 Å². The number of benzene rings is 2. The van der Waals surface area contributed by atoms with Gasteiger partial charge in [-0.15, -0.1) is 0 Å². The molecule has 1 aliphatic carbocycles. The first-order valence-corrected chi connectivity index (χ1v) is 12.1. The Bertz CT molecular complexity index is 1440. The fourth-order valence-electron chi connectivity index (χ4n) is 3.98. The summed E-state index contributed by atoms with van der Waals surface area (Å²) in [7, 11) is 0. The summed E-state index contributed by atoms with van der Waals surface area (Å²) in [6, 6.07) is 4.51. The van der Waals surface area contributed by atoms with Crippen LogP contribution in [0, 0.1) is 23.3 Å². The molecule has 3 aromatic rings. The summed E-state index contributed by atoms with van der Waals surface area (Å²) in [4.78, 5) is 15.5. The van der Waals surface area contributed by atoms with Gasteiger partial charge in [0.15, 0.2) is 16.8 Å². The zero-order valence-electron chi connectivity index (χ0n) is 19.7. The van der Waals surface area contributed by atoms with Crippen molar-refractivity contribution in [3.8, 4) is 0 Å². The summed E-state index contributed by atoms with van der Waals surface area (Å²) in [5, 5.41) is 9.35. The first kappa shape index (κ1) is 26.4. The molecule has 2 aromatic carbocycles. The standard InChI is InChI=1S/C27H21F5N2O2S/c1-27(2,16-6-9-20(29)23(32)12-16)24-13-33-26(34(24)18-5-3-4-17(28)7-8-18)37-14-19-21(30)10-15(25(35)36)11-22(19)31/h3-13,18H,14H2,1-2H3,(H,35,36). The lowest BCUT2D eigenvalue weighted by Gasteiger charge is -2.29. The smallest absolute Gasteiger partial charge is 0.335 e. The minimum absolute atomic E-state index is 0.216. The molecule has 1 unspecified atom stereocenters. The minimum Gasteiger partial charge on any atom is -0.478 e. The maximum absolute atomic E-state index is 14.5. The Hall–Kier alpha value is -3.66. The number of carboxylic acid groups (broad SMARTS) is 1. The first-order valence-electron chi connectivity index (χ1n) is 11.1. The Kier molecular flexibility index (Phi) is 7.40. The van der Waals surface area contributed by atoms with Crippen LogP contribution < -0.4 is 0 Å². The molecule has 0 radical (unpaired) electrons. The number of hydrogen-bond acceptors (Lipinski definition) is 3. The number of halogens is 5. The van der Waals surface area contributed by atoms with Crippen LogP contribution in [-0.2, 0) is 11.2 Å². The Balaban J connectivity index is 1.77. The van der Waals surface area contributed by atoms with Crippen molar-refractivity contribution in [2.75, 3.05) is 0 Å². The molecule has 1 atom stereocenters. The van der Waals surface area contributed by atoms with E-state index >= 15 is 0 Å². The molecule has 192 valence electrons. The summed E-state index contributed by atoms with van der Waals surface area (Å²) < 4.78 is 72.3. The van der Waals surface area contributed by atoms with Crippen molar-refractivity contribution in [2.24, 2.45) is 0 Å². The molecule has 0 saturated carbocycles. The van der Waals surface area contributed by atoms with Crippen molar-refractivity contribution in [1.82, 2.24) is 9.55 Å². The zero-order chi connectivity index (χ0) is 26.9. The zero-order valence-corrected chi connectivity index (χ0v) is 20.5. The van der Waals surface area contributed by atoms with Crippen LogP contribution in [0.15, 0.2) is 77.9 Å². The largest absolute Gasteiger partial charge is 0.478 e. The Labute approximate surface area is 213 Å². The topological polar surface area (TPSA) is 55.1 Å². The third-order valence-electron chi connectivity index (χ3n) is 6.09. The van der Waals surface area contributed by atoms with E-state index in [-0.39, 0.29) is 11.3 Å². The normalized spacial score (nSPS) is 15.5. The van der Waals surface area contributed by atoms with Gasteiger partial charge in [-0.25, -0.2) is 31.7 Å². The van der Waals surface area contributed by atoms with Crippen LogP contribution >= 0.6 is 11.8 Å². The van der Waals surface area contributed by atoms with Gasteiger partial charge in [-0.2, -0.15) is 0 Å². The number of aromatic nitrogens is 2. The lowest BCUT2D eigenvalue weighted by molar-refractivity contribution is 0.0695. The number of carbonyl (C=O) groups is 1. The molecule has 4 nitrogen and oxygen atoms in total. The minimum atomic E-state index is -1.45. The van der Waals surface area contributed by atoms with Crippen LogP contribution in [0.4, 0.5) is 22.0 Å². The second-order valence-corrected chi connectivity index (χ2v) is 9.79. The van der Waals surface area contributed by atoms with E-state index in [2.05, 4.69) is 4.98 Å². The van der Waals surface area contributed by atoms with Crippen molar-refractivity contribution >= 4 is 17.7 Å². The van der Waals surface area contributed by atoms with Crippen LogP contribution in [0.25, 0.3) is 0 Å². The summed E-state index contributed by atoms with van der Waals surface area (Å²) >= 11 is 0.994. The summed E-state index contributed by atoms with van der Waals surface area (Å²) in [5.74, 6) is -6.16. The van der Waals surface area contributed by atoms with E-state index in [1.54, 1.807) is 30.6 Å². The van der Waals surface area contributed by atoms with E-state index in [1.807, 2.05) is 0 Å². The number of allylic oxidation sites excluding steroid dienone is 6.